The van der Waals surface area contributed by atoms with Crippen LogP contribution in [-0.2, 0) is 36.4 Å². The van der Waals surface area contributed by atoms with Gasteiger partial charge >= 0.3 is 0 Å². The van der Waals surface area contributed by atoms with Crippen LogP contribution in [0.1, 0.15) is 104 Å². The number of nitrogens with zero attached hydrogens (tertiary/aromatic N) is 5. The first-order valence-corrected chi connectivity index (χ1v) is 29.9. The Morgan fingerprint density at radius 2 is 1.17 bits per heavy atom. The molecule has 1 unspecified atom stereocenters. The van der Waals surface area contributed by atoms with Crippen LogP contribution in [0.25, 0.3) is 39.8 Å². The summed E-state index contributed by atoms with van der Waals surface area (Å²) in [6.45, 7) is 31.6. The van der Waals surface area contributed by atoms with Crippen LogP contribution in [0.2, 0.25) is 0 Å². The molecule has 436 valence electrons. The minimum absolute atomic E-state index is 0.320. The molecule has 0 aliphatic carbocycles. The molecule has 8 heteroatoms. The van der Waals surface area contributed by atoms with Crippen LogP contribution in [0.4, 0.5) is 5.69 Å². The van der Waals surface area contributed by atoms with Crippen molar-refractivity contribution < 1.29 is 14.2 Å². The first-order valence-electron chi connectivity index (χ1n) is 29.9. The van der Waals surface area contributed by atoms with E-state index in [9.17, 15) is 0 Å². The molecule has 0 saturated heterocycles. The second-order valence-electron chi connectivity index (χ2n) is 23.4. The largest absolute Gasteiger partial charge is 0.489 e. The van der Waals surface area contributed by atoms with Crippen LogP contribution in [0.15, 0.2) is 238 Å². The van der Waals surface area contributed by atoms with Gasteiger partial charge in [-0.2, -0.15) is 0 Å². The smallest absolute Gasteiger partial charge is 0.144 e. The fourth-order valence-corrected chi connectivity index (χ4v) is 12.2. The second kappa shape index (κ2) is 25.3. The lowest BCUT2D eigenvalue weighted by atomic mass is 9.71. The fraction of sp³-hybridized carbons (Fsp3) is 0.190. The van der Waals surface area contributed by atoms with Gasteiger partial charge in [0, 0.05) is 75.9 Å². The van der Waals surface area contributed by atoms with Crippen LogP contribution in [0.5, 0.6) is 11.5 Å². The molecule has 87 heavy (non-hydrogen) atoms. The molecule has 4 heterocycles. The van der Waals surface area contributed by atoms with E-state index >= 15 is 0 Å². The highest BCUT2D eigenvalue weighted by molar-refractivity contribution is 5.83. The minimum atomic E-state index is -0.560. The number of anilines is 1. The summed E-state index contributed by atoms with van der Waals surface area (Å²) in [5.41, 5.74) is 23.7. The molecule has 2 aliphatic rings. The molecular weight excluding hydrogens is 1070 g/mol. The number of aromatic nitrogens is 4. The molecule has 0 N–H and O–H groups in total. The molecule has 8 aromatic carbocycles. The predicted octanol–water partition coefficient (Wildman–Crippen LogP) is 19.2. The highest BCUT2D eigenvalue weighted by atomic mass is 16.5. The summed E-state index contributed by atoms with van der Waals surface area (Å²) in [5.74, 6) is 4.00. The van der Waals surface area contributed by atoms with Crippen molar-refractivity contribution in [3.8, 4) is 45.6 Å². The van der Waals surface area contributed by atoms with Gasteiger partial charge < -0.3 is 19.1 Å². The Morgan fingerprint density at radius 1 is 0.598 bits per heavy atom. The van der Waals surface area contributed by atoms with Crippen LogP contribution >= 0.6 is 0 Å². The number of fused-ring (bicyclic) bond motifs is 7. The molecular formula is C79H77N5O3. The third-order valence-corrected chi connectivity index (χ3v) is 17.1. The van der Waals surface area contributed by atoms with Gasteiger partial charge in [0.2, 0.25) is 0 Å². The van der Waals surface area contributed by atoms with E-state index < -0.39 is 5.41 Å². The maximum absolute atomic E-state index is 6.71. The minimum Gasteiger partial charge on any atom is -0.489 e. The molecule has 2 aromatic heterocycles. The number of aryl methyl sites for hydroxylation is 7. The maximum Gasteiger partial charge on any atom is 0.144 e. The van der Waals surface area contributed by atoms with E-state index in [1.165, 1.54) is 33.4 Å². The molecule has 2 aliphatic heterocycles. The summed E-state index contributed by atoms with van der Waals surface area (Å²) in [6, 6.07) is 56.5. The van der Waals surface area contributed by atoms with Crippen LogP contribution in [0, 0.1) is 48.5 Å². The summed E-state index contributed by atoms with van der Waals surface area (Å²) in [4.78, 5) is 12.1. The van der Waals surface area contributed by atoms with Gasteiger partial charge in [0.1, 0.15) is 48.7 Å². The summed E-state index contributed by atoms with van der Waals surface area (Å²) in [7, 11) is 0. The van der Waals surface area contributed by atoms with E-state index in [1.807, 2.05) is 31.6 Å². The zero-order chi connectivity index (χ0) is 60.9. The first-order chi connectivity index (χ1) is 42.1. The van der Waals surface area contributed by atoms with Crippen LogP contribution < -0.4 is 14.4 Å². The maximum atomic E-state index is 6.71. The van der Waals surface area contributed by atoms with Gasteiger partial charge in [0.15, 0.2) is 0 Å². The fourth-order valence-electron chi connectivity index (χ4n) is 12.2. The first kappa shape index (κ1) is 58.8. The predicted molar refractivity (Wildman–Crippen MR) is 358 cm³/mol. The number of allylic oxidation sites excluding steroid dienone is 5. The van der Waals surface area contributed by atoms with Gasteiger partial charge in [0.25, 0.3) is 0 Å². The average Bonchev–Trinajstić information content (AvgIpc) is 2.84. The van der Waals surface area contributed by atoms with Gasteiger partial charge in [-0.1, -0.05) is 163 Å². The van der Waals surface area contributed by atoms with Crippen molar-refractivity contribution in [2.24, 2.45) is 0 Å². The lowest BCUT2D eigenvalue weighted by Gasteiger charge is -2.33. The molecule has 0 fully saturated rings. The van der Waals surface area contributed by atoms with E-state index in [1.54, 1.807) is 6.08 Å². The van der Waals surface area contributed by atoms with E-state index in [0.717, 1.165) is 113 Å². The van der Waals surface area contributed by atoms with Gasteiger partial charge in [0.05, 0.1) is 0 Å². The van der Waals surface area contributed by atoms with Crippen molar-refractivity contribution in [2.75, 3.05) is 4.90 Å². The monoisotopic (exact) mass is 1140 g/mol. The summed E-state index contributed by atoms with van der Waals surface area (Å²) in [6.07, 6.45) is 18.6. The third kappa shape index (κ3) is 12.5. The molecule has 8 nitrogen and oxygen atoms in total. The summed E-state index contributed by atoms with van der Waals surface area (Å²) >= 11 is 0. The lowest BCUT2D eigenvalue weighted by molar-refractivity contribution is 0.211. The summed E-state index contributed by atoms with van der Waals surface area (Å²) < 4.78 is 24.3. The zero-order valence-corrected chi connectivity index (χ0v) is 51.9. The highest BCUT2D eigenvalue weighted by Gasteiger charge is 2.31. The Hall–Kier alpha value is -9.92. The Kier molecular flexibility index (Phi) is 17.1. The van der Waals surface area contributed by atoms with E-state index in [0.29, 0.717) is 32.0 Å². The summed E-state index contributed by atoms with van der Waals surface area (Å²) in [5, 5.41) is 0. The number of ether oxygens (including phenoxy) is 3. The number of imidazole rings is 2. The molecule has 6 bridgehead atoms. The SMILES string of the molecule is C=C/C1=C\C=C(/C)C(C)(c2ccc(OCc3ccc(-c4nccn4-c4ccc(C)cc4C)c(C)c3)cc2)c2ccc(cc2)OCc2ccc(-c3nccn3-c3ccc(C)cc3C)c(c2)Cc2cc(ccc2C(=C)N(/C=C\C)c2ccc(C)cc2C)CO1. The number of benzene rings is 8. The molecule has 0 spiro atoms. The molecule has 0 saturated carbocycles. The molecule has 0 radical (unpaired) electrons. The van der Waals surface area contributed by atoms with Crippen LogP contribution in [-0.4, -0.2) is 19.1 Å². The van der Waals surface area contributed by atoms with Crippen molar-refractivity contribution in [3.05, 3.63) is 321 Å². The van der Waals surface area contributed by atoms with E-state index in [2.05, 4.69) is 265 Å². The molecule has 1 atom stereocenters. The van der Waals surface area contributed by atoms with Crippen LogP contribution in [0.3, 0.4) is 0 Å². The second-order valence-corrected chi connectivity index (χ2v) is 23.4. The van der Waals surface area contributed by atoms with E-state index in [4.69, 9.17) is 30.8 Å². The van der Waals surface area contributed by atoms with Crippen molar-refractivity contribution in [1.82, 2.24) is 19.1 Å². The topological polar surface area (TPSA) is 66.6 Å². The van der Waals surface area contributed by atoms with Crippen molar-refractivity contribution >= 4 is 11.4 Å². The highest BCUT2D eigenvalue weighted by Crippen LogP contribution is 2.42. The number of hydrogen-bond acceptors (Lipinski definition) is 6. The zero-order valence-electron chi connectivity index (χ0n) is 51.9. The Bertz CT molecular complexity index is 4300. The normalized spacial score (nSPS) is 15.6. The van der Waals surface area contributed by atoms with Gasteiger partial charge in [-0.05, 0) is 191 Å². The Balaban J connectivity index is 0.926. The van der Waals surface area contributed by atoms with Crippen molar-refractivity contribution in [1.29, 1.82) is 0 Å². The van der Waals surface area contributed by atoms with Crippen molar-refractivity contribution in [2.45, 2.75) is 101 Å². The van der Waals surface area contributed by atoms with Crippen molar-refractivity contribution in [3.63, 3.8) is 0 Å². The molecule has 0 amide bonds. The quantitative estimate of drug-likeness (QED) is 0.115. The third-order valence-electron chi connectivity index (χ3n) is 17.1. The number of rotatable bonds is 13. The van der Waals surface area contributed by atoms with Gasteiger partial charge in [-0.25, -0.2) is 9.97 Å². The molecule has 10 aromatic rings. The molecule has 12 rings (SSSR count). The Labute approximate surface area is 514 Å². The Morgan fingerprint density at radius 3 is 1.78 bits per heavy atom. The van der Waals surface area contributed by atoms with E-state index in [-0.39, 0.29) is 0 Å². The average molecular weight is 1140 g/mol. The lowest BCUT2D eigenvalue weighted by Crippen LogP contribution is -2.25. The standard InChI is InChI=1S/C79H77N5O3/c1-13-39-82(74-34-15-52(3)42-56(74)7)60(11)72-32-20-62-46-64(72)48-65-47-63(21-33-73(65)78-81-38-41-84(78)76-36-17-54(5)44-58(76)9)51-87-70-29-24-67(25-30-70)79(12,59(10)18-26-68(14-2)85-50-62)66-22-27-69(28-23-66)86-49-61-19-31-71(55(6)45-61)77-80-37-40-83(77)75-35-16-53(4)43-57(75)8/h13-47H,2,11,48-51H2,1,3-10,12H3/b39-13-,59-18+,68-26+. The van der Waals surface area contributed by atoms with Gasteiger partial charge in [-0.3, -0.25) is 9.13 Å². The number of hydrogen-bond donors (Lipinski definition) is 0. The van der Waals surface area contributed by atoms with Gasteiger partial charge in [-0.15, -0.1) is 0 Å².